The van der Waals surface area contributed by atoms with Crippen LogP contribution in [0.2, 0.25) is 0 Å². The van der Waals surface area contributed by atoms with E-state index in [1.807, 2.05) is 16.9 Å². The Morgan fingerprint density at radius 1 is 1.09 bits per heavy atom. The van der Waals surface area contributed by atoms with Gasteiger partial charge in [0.25, 0.3) is 0 Å². The molecule has 0 aromatic carbocycles. The van der Waals surface area contributed by atoms with Crippen LogP contribution in [0.25, 0.3) is 0 Å². The fourth-order valence-electron chi connectivity index (χ4n) is 5.17. The molecule has 2 aliphatic rings. The van der Waals surface area contributed by atoms with E-state index in [-0.39, 0.29) is 6.42 Å². The number of carbonyl (C=O) groups is 1. The van der Waals surface area contributed by atoms with Gasteiger partial charge in [0, 0.05) is 42.6 Å². The van der Waals surface area contributed by atoms with E-state index in [1.54, 1.807) is 12.4 Å². The summed E-state index contributed by atoms with van der Waals surface area (Å²) < 4.78 is 7.33. The van der Waals surface area contributed by atoms with Gasteiger partial charge < -0.3 is 14.7 Å². The molecule has 35 heavy (non-hydrogen) atoms. The first-order chi connectivity index (χ1) is 17.2. The standard InChI is InChI=1S/C27H33N5O3/c33-27(34)17-26(21-16-24(19-28-18-21)31-12-14-35-15-13-31)32-23(10-11-29-32)6-3-5-22-9-8-20-4-1-2-7-25(20)30-22/h8-11,16,18-19,26H,1-7,12-15,17H2,(H,33,34). The Balaban J connectivity index is 1.31. The summed E-state index contributed by atoms with van der Waals surface area (Å²) in [5.74, 6) is -0.855. The Labute approximate surface area is 206 Å². The normalized spacial score (nSPS) is 16.6. The predicted octanol–water partition coefficient (Wildman–Crippen LogP) is 3.63. The second-order valence-electron chi connectivity index (χ2n) is 9.43. The molecule has 0 spiro atoms. The third-order valence-electron chi connectivity index (χ3n) is 7.02. The largest absolute Gasteiger partial charge is 0.481 e. The Hall–Kier alpha value is -3.26. The van der Waals surface area contributed by atoms with E-state index >= 15 is 0 Å². The average molecular weight is 476 g/mol. The summed E-state index contributed by atoms with van der Waals surface area (Å²) in [5, 5.41) is 14.2. The van der Waals surface area contributed by atoms with Gasteiger partial charge in [0.05, 0.1) is 37.6 Å². The highest BCUT2D eigenvalue weighted by Gasteiger charge is 2.23. The topological polar surface area (TPSA) is 93.4 Å². The highest BCUT2D eigenvalue weighted by Crippen LogP contribution is 2.27. The third-order valence-corrected chi connectivity index (χ3v) is 7.02. The first kappa shape index (κ1) is 23.5. The van der Waals surface area contributed by atoms with Crippen molar-refractivity contribution in [3.8, 4) is 0 Å². The van der Waals surface area contributed by atoms with Crippen molar-refractivity contribution in [3.63, 3.8) is 0 Å². The van der Waals surface area contributed by atoms with Crippen LogP contribution in [0.5, 0.6) is 0 Å². The van der Waals surface area contributed by atoms with E-state index in [4.69, 9.17) is 9.72 Å². The van der Waals surface area contributed by atoms with Crippen molar-refractivity contribution in [1.82, 2.24) is 19.7 Å². The first-order valence-electron chi connectivity index (χ1n) is 12.7. The second-order valence-corrected chi connectivity index (χ2v) is 9.43. The maximum atomic E-state index is 11.8. The molecular formula is C27H33N5O3. The number of aryl methyl sites for hydroxylation is 4. The van der Waals surface area contributed by atoms with Gasteiger partial charge in [0.15, 0.2) is 0 Å². The summed E-state index contributed by atoms with van der Waals surface area (Å²) in [6.07, 6.45) is 12.7. The maximum absolute atomic E-state index is 11.8. The Morgan fingerprint density at radius 3 is 2.80 bits per heavy atom. The van der Waals surface area contributed by atoms with Crippen molar-refractivity contribution in [3.05, 3.63) is 71.1 Å². The molecule has 184 valence electrons. The van der Waals surface area contributed by atoms with Crippen molar-refractivity contribution in [2.24, 2.45) is 0 Å². The van der Waals surface area contributed by atoms with Gasteiger partial charge in [-0.15, -0.1) is 0 Å². The molecule has 1 N–H and O–H groups in total. The molecule has 4 heterocycles. The maximum Gasteiger partial charge on any atom is 0.305 e. The molecule has 3 aromatic heterocycles. The number of anilines is 1. The molecule has 0 radical (unpaired) electrons. The van der Waals surface area contributed by atoms with Crippen LogP contribution in [-0.2, 0) is 35.2 Å². The van der Waals surface area contributed by atoms with Gasteiger partial charge in [-0.2, -0.15) is 5.10 Å². The third kappa shape index (κ3) is 5.70. The number of carboxylic acids is 1. The monoisotopic (exact) mass is 475 g/mol. The minimum absolute atomic E-state index is 0.0463. The molecule has 8 heteroatoms. The Kier molecular flexibility index (Phi) is 7.37. The molecule has 5 rings (SSSR count). The number of ether oxygens (including phenoxy) is 1. The average Bonchev–Trinajstić information content (AvgIpc) is 3.36. The zero-order chi connectivity index (χ0) is 24.0. The lowest BCUT2D eigenvalue weighted by atomic mass is 9.95. The molecule has 1 aliphatic carbocycles. The highest BCUT2D eigenvalue weighted by atomic mass is 16.5. The fourth-order valence-corrected chi connectivity index (χ4v) is 5.17. The van der Waals surface area contributed by atoms with E-state index in [0.717, 1.165) is 67.8 Å². The molecule has 0 amide bonds. The van der Waals surface area contributed by atoms with Gasteiger partial charge in [-0.05, 0) is 74.3 Å². The molecule has 1 aliphatic heterocycles. The minimum Gasteiger partial charge on any atom is -0.481 e. The summed E-state index contributed by atoms with van der Waals surface area (Å²) in [6.45, 7) is 2.98. The second kappa shape index (κ2) is 11.0. The van der Waals surface area contributed by atoms with Crippen molar-refractivity contribution >= 4 is 11.7 Å². The Morgan fingerprint density at radius 2 is 1.94 bits per heavy atom. The van der Waals surface area contributed by atoms with Crippen LogP contribution >= 0.6 is 0 Å². The quantitative estimate of drug-likeness (QED) is 0.505. The molecule has 8 nitrogen and oxygen atoms in total. The van der Waals surface area contributed by atoms with Crippen LogP contribution in [0, 0.1) is 0 Å². The van der Waals surface area contributed by atoms with Crippen LogP contribution in [0.1, 0.15) is 59.9 Å². The minimum atomic E-state index is -0.855. The fraction of sp³-hybridized carbons (Fsp3) is 0.481. The number of fused-ring (bicyclic) bond motifs is 1. The van der Waals surface area contributed by atoms with Crippen molar-refractivity contribution in [2.45, 2.75) is 57.4 Å². The number of rotatable bonds is 9. The smallest absolute Gasteiger partial charge is 0.305 e. The van der Waals surface area contributed by atoms with E-state index in [1.165, 1.54) is 24.1 Å². The SMILES string of the molecule is O=C(O)CC(c1cncc(N2CCOCC2)c1)n1nccc1CCCc1ccc2c(n1)CCCC2. The zero-order valence-electron chi connectivity index (χ0n) is 20.1. The number of pyridine rings is 2. The van der Waals surface area contributed by atoms with Crippen molar-refractivity contribution in [1.29, 1.82) is 0 Å². The summed E-state index contributed by atoms with van der Waals surface area (Å²) >= 11 is 0. The molecule has 1 fully saturated rings. The summed E-state index contributed by atoms with van der Waals surface area (Å²) in [4.78, 5) is 23.4. The molecule has 1 saturated heterocycles. The number of carboxylic acid groups (broad SMARTS) is 1. The molecule has 1 atom stereocenters. The lowest BCUT2D eigenvalue weighted by molar-refractivity contribution is -0.137. The van der Waals surface area contributed by atoms with Gasteiger partial charge in [0.2, 0.25) is 0 Å². The van der Waals surface area contributed by atoms with Gasteiger partial charge in [-0.1, -0.05) is 6.07 Å². The number of nitrogens with zero attached hydrogens (tertiary/aromatic N) is 5. The molecule has 1 unspecified atom stereocenters. The van der Waals surface area contributed by atoms with Crippen LogP contribution < -0.4 is 4.90 Å². The summed E-state index contributed by atoms with van der Waals surface area (Å²) in [6, 6.07) is 8.05. The van der Waals surface area contributed by atoms with E-state index < -0.39 is 12.0 Å². The van der Waals surface area contributed by atoms with Gasteiger partial charge in [0.1, 0.15) is 0 Å². The van der Waals surface area contributed by atoms with E-state index in [9.17, 15) is 9.90 Å². The van der Waals surface area contributed by atoms with Crippen molar-refractivity contribution in [2.75, 3.05) is 31.2 Å². The van der Waals surface area contributed by atoms with Gasteiger partial charge >= 0.3 is 5.97 Å². The first-order valence-corrected chi connectivity index (χ1v) is 12.7. The Bertz CT molecular complexity index is 1160. The summed E-state index contributed by atoms with van der Waals surface area (Å²) in [5.41, 5.74) is 6.70. The molecular weight excluding hydrogens is 442 g/mol. The van der Waals surface area contributed by atoms with Crippen LogP contribution in [0.4, 0.5) is 5.69 Å². The summed E-state index contributed by atoms with van der Waals surface area (Å²) in [7, 11) is 0. The number of morpholine rings is 1. The number of aromatic nitrogens is 4. The van der Waals surface area contributed by atoms with Crippen LogP contribution in [0.15, 0.2) is 42.9 Å². The van der Waals surface area contributed by atoms with Crippen LogP contribution in [-0.4, -0.2) is 57.1 Å². The van der Waals surface area contributed by atoms with Crippen LogP contribution in [0.3, 0.4) is 0 Å². The lowest BCUT2D eigenvalue weighted by Crippen LogP contribution is -2.36. The molecule has 3 aromatic rings. The number of hydrogen-bond donors (Lipinski definition) is 1. The molecule has 0 bridgehead atoms. The number of hydrogen-bond acceptors (Lipinski definition) is 6. The predicted molar refractivity (Wildman–Crippen MR) is 133 cm³/mol. The van der Waals surface area contributed by atoms with E-state index in [0.29, 0.717) is 13.2 Å². The number of aliphatic carboxylic acids is 1. The van der Waals surface area contributed by atoms with Crippen molar-refractivity contribution < 1.29 is 14.6 Å². The molecule has 0 saturated carbocycles. The van der Waals surface area contributed by atoms with Gasteiger partial charge in [-0.3, -0.25) is 19.4 Å². The van der Waals surface area contributed by atoms with E-state index in [2.05, 4.69) is 33.2 Å². The van der Waals surface area contributed by atoms with Gasteiger partial charge in [-0.25, -0.2) is 0 Å². The highest BCUT2D eigenvalue weighted by molar-refractivity contribution is 5.68. The lowest BCUT2D eigenvalue weighted by Gasteiger charge is -2.29. The zero-order valence-corrected chi connectivity index (χ0v) is 20.1.